The molecule has 0 atom stereocenters. The van der Waals surface area contributed by atoms with Gasteiger partial charge in [0, 0.05) is 38.8 Å². The highest BCUT2D eigenvalue weighted by Gasteiger charge is 2.18. The monoisotopic (exact) mass is 731 g/mol. The lowest BCUT2D eigenvalue weighted by Gasteiger charge is -2.26. The number of rotatable bonds is 7. The molecule has 2 aromatic heterocycles. The number of fused-ring (bicyclic) bond motifs is 6. The molecule has 11 rings (SSSR count). The molecule has 2 heterocycles. The van der Waals surface area contributed by atoms with Crippen molar-refractivity contribution in [2.24, 2.45) is 0 Å². The van der Waals surface area contributed by atoms with Crippen LogP contribution in [0.5, 0.6) is 0 Å². The molecule has 0 fully saturated rings. The minimum atomic E-state index is 0.897. The molecule has 0 radical (unpaired) electrons. The van der Waals surface area contributed by atoms with Crippen molar-refractivity contribution >= 4 is 56.0 Å². The van der Waals surface area contributed by atoms with Crippen LogP contribution < -0.4 is 4.90 Å². The highest BCUT2D eigenvalue weighted by molar-refractivity contribution is 6.06. The molecule has 0 N–H and O–H groups in total. The second-order valence-corrected chi connectivity index (χ2v) is 14.8. The lowest BCUT2D eigenvalue weighted by atomic mass is 9.91. The van der Waals surface area contributed by atoms with Gasteiger partial charge in [0.2, 0.25) is 0 Å². The maximum Gasteiger partial charge on any atom is 0.135 e. The SMILES string of the molecule is C1=Cc2oc3ccc(-c4cc(-c5cccc(-c6cccc(N(c7ccccc7)c7ccccc7)c6)c5)cc(-c5ccc6oc7ccccc7c6c5)c4)cc3c2CC1. The van der Waals surface area contributed by atoms with E-state index in [9.17, 15) is 0 Å². The van der Waals surface area contributed by atoms with Crippen molar-refractivity contribution in [2.75, 3.05) is 4.90 Å². The van der Waals surface area contributed by atoms with Crippen molar-refractivity contribution < 1.29 is 8.83 Å². The van der Waals surface area contributed by atoms with Gasteiger partial charge in [0.1, 0.15) is 22.5 Å². The maximum atomic E-state index is 6.27. The Morgan fingerprint density at radius 1 is 0.351 bits per heavy atom. The zero-order valence-electron chi connectivity index (χ0n) is 31.2. The van der Waals surface area contributed by atoms with E-state index in [1.54, 1.807) is 0 Å². The van der Waals surface area contributed by atoms with Crippen LogP contribution in [0.25, 0.3) is 83.5 Å². The summed E-state index contributed by atoms with van der Waals surface area (Å²) in [6.45, 7) is 0. The van der Waals surface area contributed by atoms with Gasteiger partial charge in [-0.1, -0.05) is 103 Å². The summed E-state index contributed by atoms with van der Waals surface area (Å²) in [5.74, 6) is 0.986. The normalized spacial score (nSPS) is 12.4. The smallest absolute Gasteiger partial charge is 0.135 e. The third-order valence-electron chi connectivity index (χ3n) is 11.3. The van der Waals surface area contributed by atoms with E-state index in [1.807, 2.05) is 12.1 Å². The second kappa shape index (κ2) is 13.7. The lowest BCUT2D eigenvalue weighted by Crippen LogP contribution is -2.09. The number of furan rings is 2. The van der Waals surface area contributed by atoms with Crippen LogP contribution in [0.15, 0.2) is 203 Å². The summed E-state index contributed by atoms with van der Waals surface area (Å²) in [5.41, 5.74) is 16.7. The Morgan fingerprint density at radius 3 is 1.56 bits per heavy atom. The van der Waals surface area contributed by atoms with E-state index in [0.717, 1.165) is 102 Å². The zero-order valence-corrected chi connectivity index (χ0v) is 31.2. The molecule has 10 aromatic rings. The van der Waals surface area contributed by atoms with Gasteiger partial charge in [-0.2, -0.15) is 0 Å². The summed E-state index contributed by atoms with van der Waals surface area (Å²) in [6.07, 6.45) is 6.35. The number of hydrogen-bond donors (Lipinski definition) is 0. The summed E-state index contributed by atoms with van der Waals surface area (Å²) in [6, 6.07) is 67.4. The van der Waals surface area contributed by atoms with E-state index in [0.29, 0.717) is 0 Å². The van der Waals surface area contributed by atoms with Crippen molar-refractivity contribution in [1.29, 1.82) is 0 Å². The Hall–Kier alpha value is -7.36. The predicted molar refractivity (Wildman–Crippen MR) is 237 cm³/mol. The number of aryl methyl sites for hydroxylation is 1. The Kier molecular flexibility index (Phi) is 7.96. The van der Waals surface area contributed by atoms with Crippen LogP contribution in [-0.4, -0.2) is 0 Å². The van der Waals surface area contributed by atoms with Crippen LogP contribution in [0.1, 0.15) is 17.7 Å². The summed E-state index contributed by atoms with van der Waals surface area (Å²) < 4.78 is 12.5. The zero-order chi connectivity index (χ0) is 37.7. The van der Waals surface area contributed by atoms with Crippen LogP contribution in [0, 0.1) is 0 Å². The van der Waals surface area contributed by atoms with Crippen molar-refractivity contribution in [2.45, 2.75) is 12.8 Å². The molecule has 1 aliphatic rings. The van der Waals surface area contributed by atoms with Gasteiger partial charge in [0.25, 0.3) is 0 Å². The molecule has 8 aromatic carbocycles. The molecule has 0 bridgehead atoms. The first kappa shape index (κ1) is 33.0. The Bertz CT molecular complexity index is 3090. The molecule has 0 unspecified atom stereocenters. The average Bonchev–Trinajstić information content (AvgIpc) is 3.85. The van der Waals surface area contributed by atoms with Gasteiger partial charge in [0.15, 0.2) is 0 Å². The van der Waals surface area contributed by atoms with Crippen LogP contribution in [-0.2, 0) is 6.42 Å². The highest BCUT2D eigenvalue weighted by Crippen LogP contribution is 2.41. The van der Waals surface area contributed by atoms with Crippen LogP contribution in [0.4, 0.5) is 17.1 Å². The van der Waals surface area contributed by atoms with E-state index in [1.165, 1.54) is 16.5 Å². The predicted octanol–water partition coefficient (Wildman–Crippen LogP) is 15.4. The summed E-state index contributed by atoms with van der Waals surface area (Å²) in [5, 5.41) is 3.45. The van der Waals surface area contributed by atoms with Gasteiger partial charge >= 0.3 is 0 Å². The molecule has 3 nitrogen and oxygen atoms in total. The topological polar surface area (TPSA) is 29.5 Å². The van der Waals surface area contributed by atoms with Crippen molar-refractivity contribution in [1.82, 2.24) is 0 Å². The van der Waals surface area contributed by atoms with E-state index in [-0.39, 0.29) is 0 Å². The minimum Gasteiger partial charge on any atom is -0.456 e. The fourth-order valence-electron chi connectivity index (χ4n) is 8.50. The van der Waals surface area contributed by atoms with Crippen LogP contribution in [0.3, 0.4) is 0 Å². The molecule has 0 amide bonds. The third-order valence-corrected chi connectivity index (χ3v) is 11.3. The molecule has 0 saturated heterocycles. The number of para-hydroxylation sites is 3. The Labute approximate surface area is 331 Å². The molecule has 0 saturated carbocycles. The van der Waals surface area contributed by atoms with Crippen LogP contribution in [0.2, 0.25) is 0 Å². The van der Waals surface area contributed by atoms with Gasteiger partial charge in [-0.3, -0.25) is 0 Å². The van der Waals surface area contributed by atoms with E-state index < -0.39 is 0 Å². The molecule has 57 heavy (non-hydrogen) atoms. The molecule has 270 valence electrons. The molecule has 0 spiro atoms. The number of allylic oxidation sites excluding steroid dienone is 1. The number of benzene rings is 8. The van der Waals surface area contributed by atoms with Gasteiger partial charge < -0.3 is 13.7 Å². The first-order chi connectivity index (χ1) is 28.2. The minimum absolute atomic E-state index is 0.897. The largest absolute Gasteiger partial charge is 0.456 e. The molecule has 1 aliphatic carbocycles. The quantitative estimate of drug-likeness (QED) is 0.163. The second-order valence-electron chi connectivity index (χ2n) is 14.8. The number of hydrogen-bond acceptors (Lipinski definition) is 3. The van der Waals surface area contributed by atoms with Crippen LogP contribution >= 0.6 is 0 Å². The highest BCUT2D eigenvalue weighted by atomic mass is 16.3. The standard InChI is InChI=1S/C54H37NO2/c1-3-16-44(17-4-1)55(45-18-5-2-6-19-45)46-20-12-15-38(33-46)36-13-11-14-37(29-36)41-30-42(39-25-27-53-49(34-39)47-21-7-9-23-51(47)56-53)32-43(31-41)40-26-28-54-50(35-40)48-22-8-10-24-52(48)57-54/h1-7,9-21,23-35H,8,22H2. The summed E-state index contributed by atoms with van der Waals surface area (Å²) in [7, 11) is 0. The maximum absolute atomic E-state index is 6.27. The van der Waals surface area contributed by atoms with Gasteiger partial charge in [-0.15, -0.1) is 0 Å². The fourth-order valence-corrected chi connectivity index (χ4v) is 8.50. The Morgan fingerprint density at radius 2 is 0.860 bits per heavy atom. The number of nitrogens with zero attached hydrogens (tertiary/aromatic N) is 1. The van der Waals surface area contributed by atoms with Gasteiger partial charge in [-0.05, 0) is 154 Å². The number of anilines is 3. The van der Waals surface area contributed by atoms with Gasteiger partial charge in [0.05, 0.1) is 0 Å². The first-order valence-corrected chi connectivity index (χ1v) is 19.6. The third kappa shape index (κ3) is 6.01. The summed E-state index contributed by atoms with van der Waals surface area (Å²) in [4.78, 5) is 2.31. The molecular formula is C54H37NO2. The van der Waals surface area contributed by atoms with E-state index in [2.05, 4.69) is 193 Å². The summed E-state index contributed by atoms with van der Waals surface area (Å²) >= 11 is 0. The molecule has 0 aliphatic heterocycles. The van der Waals surface area contributed by atoms with Crippen molar-refractivity contribution in [3.63, 3.8) is 0 Å². The van der Waals surface area contributed by atoms with Gasteiger partial charge in [-0.25, -0.2) is 0 Å². The average molecular weight is 732 g/mol. The van der Waals surface area contributed by atoms with Crippen molar-refractivity contribution in [3.8, 4) is 44.5 Å². The Balaban J connectivity index is 1.04. The van der Waals surface area contributed by atoms with Crippen molar-refractivity contribution in [3.05, 3.63) is 205 Å². The first-order valence-electron chi connectivity index (χ1n) is 19.6. The molecule has 3 heteroatoms. The van der Waals surface area contributed by atoms with E-state index >= 15 is 0 Å². The lowest BCUT2D eigenvalue weighted by molar-refractivity contribution is 0.595. The molecular weight excluding hydrogens is 695 g/mol. The van der Waals surface area contributed by atoms with E-state index in [4.69, 9.17) is 8.83 Å². The fraction of sp³-hybridized carbons (Fsp3) is 0.0370.